The number of carbonyl (C=O) groups is 1. The van der Waals surface area contributed by atoms with Gasteiger partial charge in [-0.1, -0.05) is 54.1 Å². The Morgan fingerprint density at radius 1 is 0.933 bits per heavy atom. The minimum Gasteiger partial charge on any atom is -0.483 e. The highest BCUT2D eigenvalue weighted by atomic mass is 35.5. The number of amides is 1. The number of benzene rings is 3. The summed E-state index contributed by atoms with van der Waals surface area (Å²) < 4.78 is 6.47. The molecule has 150 valence electrons. The number of hydrogen-bond donors (Lipinski definition) is 0. The average molecular weight is 417 g/mol. The third-order valence-electron chi connectivity index (χ3n) is 5.32. The van der Waals surface area contributed by atoms with Gasteiger partial charge in [0.2, 0.25) is 5.91 Å². The Bertz CT molecular complexity index is 1040. The van der Waals surface area contributed by atoms with Crippen LogP contribution < -0.4 is 4.74 Å². The first-order valence-electron chi connectivity index (χ1n) is 9.92. The summed E-state index contributed by atoms with van der Waals surface area (Å²) in [4.78, 5) is 14.6. The summed E-state index contributed by atoms with van der Waals surface area (Å²) >= 11 is 6.12. The highest BCUT2D eigenvalue weighted by Crippen LogP contribution is 2.40. The molecule has 3 aromatic carbocycles. The molecule has 0 saturated carbocycles. The van der Waals surface area contributed by atoms with Gasteiger partial charge in [0.05, 0.1) is 17.7 Å². The van der Waals surface area contributed by atoms with E-state index in [-0.39, 0.29) is 11.9 Å². The van der Waals surface area contributed by atoms with E-state index in [0.717, 1.165) is 17.5 Å². The summed E-state index contributed by atoms with van der Waals surface area (Å²) in [5.74, 6) is 0.771. The fourth-order valence-electron chi connectivity index (χ4n) is 3.85. The Balaban J connectivity index is 1.79. The molecule has 5 heteroatoms. The van der Waals surface area contributed by atoms with Crippen LogP contribution in [0.25, 0.3) is 0 Å². The molecule has 0 bridgehead atoms. The lowest BCUT2D eigenvalue weighted by Gasteiger charge is -2.35. The van der Waals surface area contributed by atoms with Crippen molar-refractivity contribution >= 4 is 17.5 Å². The molecule has 1 aliphatic heterocycles. The number of hydrogen-bond acceptors (Lipinski definition) is 3. The second kappa shape index (κ2) is 9.02. The molecule has 1 aliphatic rings. The molecule has 1 fully saturated rings. The van der Waals surface area contributed by atoms with E-state index in [4.69, 9.17) is 21.6 Å². The standard InChI is InChI=1S/C25H21ClN2O2/c26-21-12-10-20(11-13-21)25(30-22-14-8-18(17-27)9-15-22)24(19-5-2-1-3-6-19)28-16-4-7-23(28)29/h1-3,5-6,8-15,24-25H,4,7,16H2/t24-,25+/m0/s1. The van der Waals surface area contributed by atoms with Crippen molar-refractivity contribution < 1.29 is 9.53 Å². The van der Waals surface area contributed by atoms with Gasteiger partial charge in [-0.25, -0.2) is 0 Å². The van der Waals surface area contributed by atoms with Crippen LogP contribution in [0.1, 0.15) is 41.7 Å². The average Bonchev–Trinajstić information content (AvgIpc) is 3.20. The van der Waals surface area contributed by atoms with Gasteiger partial charge in [-0.05, 0) is 53.9 Å². The second-order valence-electron chi connectivity index (χ2n) is 7.27. The quantitative estimate of drug-likeness (QED) is 0.518. The molecule has 3 aromatic rings. The van der Waals surface area contributed by atoms with Crippen LogP contribution in [-0.4, -0.2) is 17.4 Å². The SMILES string of the molecule is N#Cc1ccc(O[C@H](c2ccc(Cl)cc2)[C@H](c2ccccc2)N2CCCC2=O)cc1. The number of carbonyl (C=O) groups excluding carboxylic acids is 1. The summed E-state index contributed by atoms with van der Waals surface area (Å²) in [7, 11) is 0. The van der Waals surface area contributed by atoms with Crippen molar-refractivity contribution in [3.05, 3.63) is 101 Å². The minimum atomic E-state index is -0.431. The number of nitriles is 1. The summed E-state index contributed by atoms with van der Waals surface area (Å²) in [6, 6.07) is 26.4. The molecule has 4 nitrogen and oxygen atoms in total. The third-order valence-corrected chi connectivity index (χ3v) is 5.57. The van der Waals surface area contributed by atoms with Crippen LogP contribution in [0.4, 0.5) is 0 Å². The molecular formula is C25H21ClN2O2. The monoisotopic (exact) mass is 416 g/mol. The van der Waals surface area contributed by atoms with Crippen LogP contribution in [0.5, 0.6) is 5.75 Å². The number of halogens is 1. The minimum absolute atomic E-state index is 0.131. The van der Waals surface area contributed by atoms with E-state index in [9.17, 15) is 4.79 Å². The number of nitrogens with zero attached hydrogens (tertiary/aromatic N) is 2. The van der Waals surface area contributed by atoms with Crippen molar-refractivity contribution in [3.8, 4) is 11.8 Å². The van der Waals surface area contributed by atoms with E-state index >= 15 is 0 Å². The van der Waals surface area contributed by atoms with Gasteiger partial charge in [0.25, 0.3) is 0 Å². The van der Waals surface area contributed by atoms with E-state index < -0.39 is 6.10 Å². The van der Waals surface area contributed by atoms with Crippen molar-refractivity contribution in [3.63, 3.8) is 0 Å². The van der Waals surface area contributed by atoms with Gasteiger partial charge in [-0.2, -0.15) is 5.26 Å². The van der Waals surface area contributed by atoms with Crippen LogP contribution in [0.3, 0.4) is 0 Å². The van der Waals surface area contributed by atoms with E-state index in [2.05, 4.69) is 6.07 Å². The largest absolute Gasteiger partial charge is 0.483 e. The lowest BCUT2D eigenvalue weighted by atomic mass is 9.94. The zero-order valence-electron chi connectivity index (χ0n) is 16.4. The topological polar surface area (TPSA) is 53.3 Å². The van der Waals surface area contributed by atoms with Crippen molar-refractivity contribution in [2.75, 3.05) is 6.54 Å². The predicted octanol–water partition coefficient (Wildman–Crippen LogP) is 5.70. The lowest BCUT2D eigenvalue weighted by Crippen LogP contribution is -2.36. The van der Waals surface area contributed by atoms with E-state index in [1.807, 2.05) is 59.5 Å². The zero-order valence-corrected chi connectivity index (χ0v) is 17.1. The van der Waals surface area contributed by atoms with Crippen molar-refractivity contribution in [2.24, 2.45) is 0 Å². The maximum absolute atomic E-state index is 12.7. The van der Waals surface area contributed by atoms with Gasteiger partial charge < -0.3 is 9.64 Å². The van der Waals surface area contributed by atoms with Crippen LogP contribution in [0.15, 0.2) is 78.9 Å². The van der Waals surface area contributed by atoms with E-state index in [1.54, 1.807) is 24.3 Å². The predicted molar refractivity (Wildman–Crippen MR) is 116 cm³/mol. The highest BCUT2D eigenvalue weighted by Gasteiger charge is 2.37. The van der Waals surface area contributed by atoms with Crippen LogP contribution >= 0.6 is 11.6 Å². The van der Waals surface area contributed by atoms with Gasteiger partial charge in [0.15, 0.2) is 0 Å². The maximum Gasteiger partial charge on any atom is 0.223 e. The smallest absolute Gasteiger partial charge is 0.223 e. The molecule has 0 aliphatic carbocycles. The summed E-state index contributed by atoms with van der Waals surface area (Å²) in [6.45, 7) is 0.694. The van der Waals surface area contributed by atoms with Gasteiger partial charge in [0.1, 0.15) is 11.9 Å². The number of likely N-dealkylation sites (tertiary alicyclic amines) is 1. The van der Waals surface area contributed by atoms with Crippen LogP contribution in [0.2, 0.25) is 5.02 Å². The van der Waals surface area contributed by atoms with Crippen molar-refractivity contribution in [1.82, 2.24) is 4.90 Å². The summed E-state index contributed by atoms with van der Waals surface area (Å²) in [6.07, 6.45) is 0.958. The lowest BCUT2D eigenvalue weighted by molar-refractivity contribution is -0.131. The van der Waals surface area contributed by atoms with E-state index in [1.165, 1.54) is 0 Å². The Morgan fingerprint density at radius 3 is 2.23 bits per heavy atom. The Hall–Kier alpha value is -3.29. The molecule has 0 unspecified atom stereocenters. The summed E-state index contributed by atoms with van der Waals surface area (Å²) in [5.41, 5.74) is 2.51. The molecule has 1 saturated heterocycles. The van der Waals surface area contributed by atoms with Gasteiger partial charge >= 0.3 is 0 Å². The summed E-state index contributed by atoms with van der Waals surface area (Å²) in [5, 5.41) is 9.72. The first-order valence-corrected chi connectivity index (χ1v) is 10.3. The molecule has 1 amide bonds. The first-order chi connectivity index (χ1) is 14.7. The molecule has 2 atom stereocenters. The Kier molecular flexibility index (Phi) is 6.02. The fraction of sp³-hybridized carbons (Fsp3) is 0.200. The third kappa shape index (κ3) is 4.32. The Labute approximate surface area is 181 Å². The molecule has 0 spiro atoms. The highest BCUT2D eigenvalue weighted by molar-refractivity contribution is 6.30. The Morgan fingerprint density at radius 2 is 1.63 bits per heavy atom. The molecule has 4 rings (SSSR count). The van der Waals surface area contributed by atoms with Crippen LogP contribution in [0, 0.1) is 11.3 Å². The normalized spacial score (nSPS) is 15.5. The second-order valence-corrected chi connectivity index (χ2v) is 7.71. The van der Waals surface area contributed by atoms with E-state index in [0.29, 0.717) is 29.3 Å². The van der Waals surface area contributed by atoms with Crippen molar-refractivity contribution in [1.29, 1.82) is 5.26 Å². The molecule has 0 radical (unpaired) electrons. The molecule has 0 N–H and O–H groups in total. The molecule has 30 heavy (non-hydrogen) atoms. The molecular weight excluding hydrogens is 396 g/mol. The molecule has 0 aromatic heterocycles. The van der Waals surface area contributed by atoms with Gasteiger partial charge in [-0.3, -0.25) is 4.79 Å². The first kappa shape index (κ1) is 20.0. The van der Waals surface area contributed by atoms with Crippen molar-refractivity contribution in [2.45, 2.75) is 25.0 Å². The molecule has 1 heterocycles. The van der Waals surface area contributed by atoms with Gasteiger partial charge in [-0.15, -0.1) is 0 Å². The maximum atomic E-state index is 12.7. The van der Waals surface area contributed by atoms with Crippen LogP contribution in [-0.2, 0) is 4.79 Å². The van der Waals surface area contributed by atoms with Gasteiger partial charge in [0, 0.05) is 18.0 Å². The zero-order chi connectivity index (χ0) is 20.9. The number of rotatable bonds is 6. The number of ether oxygens (including phenoxy) is 1. The fourth-order valence-corrected chi connectivity index (χ4v) is 3.98.